The van der Waals surface area contributed by atoms with E-state index in [1.54, 1.807) is 6.92 Å². The summed E-state index contributed by atoms with van der Waals surface area (Å²) in [6.45, 7) is 4.64. The van der Waals surface area contributed by atoms with Crippen molar-refractivity contribution in [1.29, 1.82) is 0 Å². The fraction of sp³-hybridized carbons (Fsp3) is 0.355. The molecule has 0 saturated carbocycles. The SMILES string of the molecule is CC(=O)NCCc1ccccc1Cc1ccccc1CCC(=O)N1CCNC[C@H]1Cc1ccccc1. The maximum atomic E-state index is 13.3. The fourth-order valence-electron chi connectivity index (χ4n) is 5.07. The molecule has 188 valence electrons. The number of carbonyl (C=O) groups is 2. The zero-order chi connectivity index (χ0) is 25.2. The monoisotopic (exact) mass is 483 g/mol. The van der Waals surface area contributed by atoms with Crippen molar-refractivity contribution >= 4 is 11.8 Å². The first-order valence-corrected chi connectivity index (χ1v) is 13.0. The molecule has 0 aliphatic carbocycles. The Morgan fingerprint density at radius 2 is 1.47 bits per heavy atom. The smallest absolute Gasteiger partial charge is 0.223 e. The first-order chi connectivity index (χ1) is 17.6. The van der Waals surface area contributed by atoms with Gasteiger partial charge in [-0.25, -0.2) is 0 Å². The summed E-state index contributed by atoms with van der Waals surface area (Å²) in [5, 5.41) is 6.35. The van der Waals surface area contributed by atoms with Gasteiger partial charge in [0.2, 0.25) is 11.8 Å². The summed E-state index contributed by atoms with van der Waals surface area (Å²) < 4.78 is 0. The number of nitrogens with zero attached hydrogens (tertiary/aromatic N) is 1. The zero-order valence-electron chi connectivity index (χ0n) is 21.2. The van der Waals surface area contributed by atoms with Crippen LogP contribution in [0.4, 0.5) is 0 Å². The van der Waals surface area contributed by atoms with Crippen LogP contribution in [0.3, 0.4) is 0 Å². The normalized spacial score (nSPS) is 15.5. The Morgan fingerprint density at radius 3 is 2.14 bits per heavy atom. The van der Waals surface area contributed by atoms with E-state index in [2.05, 4.69) is 88.3 Å². The average molecular weight is 484 g/mol. The van der Waals surface area contributed by atoms with Gasteiger partial charge in [0.15, 0.2) is 0 Å². The minimum atomic E-state index is -0.00186. The van der Waals surface area contributed by atoms with E-state index in [9.17, 15) is 9.59 Å². The number of piperazine rings is 1. The number of carbonyl (C=O) groups excluding carboxylic acids is 2. The summed E-state index contributed by atoms with van der Waals surface area (Å²) in [5.74, 6) is 0.237. The van der Waals surface area contributed by atoms with E-state index < -0.39 is 0 Å². The summed E-state index contributed by atoms with van der Waals surface area (Å²) in [7, 11) is 0. The van der Waals surface area contributed by atoms with Crippen LogP contribution < -0.4 is 10.6 Å². The second kappa shape index (κ2) is 13.0. The lowest BCUT2D eigenvalue weighted by Gasteiger charge is -2.36. The van der Waals surface area contributed by atoms with Crippen molar-refractivity contribution < 1.29 is 9.59 Å². The standard InChI is InChI=1S/C31H37N3O2/c1-24(35)33-18-17-27-12-6-8-14-29(27)22-28-13-7-5-11-26(28)15-16-31(36)34-20-19-32-23-30(34)21-25-9-3-2-4-10-25/h2-14,30,32H,15-23H2,1H3,(H,33,35)/t30-/m1/s1. The number of hydrogen-bond acceptors (Lipinski definition) is 3. The minimum absolute atomic E-state index is 0.00186. The Bertz CT molecular complexity index is 1150. The van der Waals surface area contributed by atoms with Crippen molar-refractivity contribution in [3.8, 4) is 0 Å². The molecular formula is C31H37N3O2. The predicted octanol–water partition coefficient (Wildman–Crippen LogP) is 3.93. The molecule has 0 spiro atoms. The highest BCUT2D eigenvalue weighted by Crippen LogP contribution is 2.20. The third kappa shape index (κ3) is 7.28. The van der Waals surface area contributed by atoms with Crippen LogP contribution >= 0.6 is 0 Å². The van der Waals surface area contributed by atoms with Crippen LogP contribution in [0, 0.1) is 0 Å². The van der Waals surface area contributed by atoms with Crippen molar-refractivity contribution in [2.24, 2.45) is 0 Å². The molecule has 0 bridgehead atoms. The fourth-order valence-corrected chi connectivity index (χ4v) is 5.07. The minimum Gasteiger partial charge on any atom is -0.356 e. The van der Waals surface area contributed by atoms with Gasteiger partial charge in [0.05, 0.1) is 0 Å². The maximum absolute atomic E-state index is 13.3. The van der Waals surface area contributed by atoms with E-state index >= 15 is 0 Å². The van der Waals surface area contributed by atoms with Crippen LogP contribution in [0.2, 0.25) is 0 Å². The Balaban J connectivity index is 1.40. The van der Waals surface area contributed by atoms with E-state index in [1.165, 1.54) is 27.8 Å². The first-order valence-electron chi connectivity index (χ1n) is 13.0. The molecule has 0 radical (unpaired) electrons. The van der Waals surface area contributed by atoms with Gasteiger partial charge in [0.25, 0.3) is 0 Å². The molecule has 1 saturated heterocycles. The molecule has 36 heavy (non-hydrogen) atoms. The Morgan fingerprint density at radius 1 is 0.861 bits per heavy atom. The summed E-state index contributed by atoms with van der Waals surface area (Å²) in [6, 6.07) is 27.5. The molecule has 1 heterocycles. The molecule has 2 amide bonds. The topological polar surface area (TPSA) is 61.4 Å². The van der Waals surface area contributed by atoms with Crippen LogP contribution in [0.25, 0.3) is 0 Å². The second-order valence-electron chi connectivity index (χ2n) is 9.58. The van der Waals surface area contributed by atoms with E-state index in [0.29, 0.717) is 13.0 Å². The van der Waals surface area contributed by atoms with Crippen molar-refractivity contribution in [2.75, 3.05) is 26.2 Å². The summed E-state index contributed by atoms with van der Waals surface area (Å²) in [4.78, 5) is 26.7. The van der Waals surface area contributed by atoms with Crippen molar-refractivity contribution in [3.63, 3.8) is 0 Å². The maximum Gasteiger partial charge on any atom is 0.223 e. The molecule has 1 aliphatic rings. The van der Waals surface area contributed by atoms with E-state index in [1.807, 2.05) is 6.07 Å². The molecule has 3 aromatic carbocycles. The predicted molar refractivity (Wildman–Crippen MR) is 145 cm³/mol. The number of benzene rings is 3. The van der Waals surface area contributed by atoms with Gasteiger partial charge in [-0.2, -0.15) is 0 Å². The molecule has 0 unspecified atom stereocenters. The van der Waals surface area contributed by atoms with E-state index in [4.69, 9.17) is 0 Å². The summed E-state index contributed by atoms with van der Waals surface area (Å²) in [6.07, 6.45) is 3.77. The Labute approximate surface area is 214 Å². The van der Waals surface area contributed by atoms with Crippen LogP contribution in [-0.2, 0) is 35.3 Å². The van der Waals surface area contributed by atoms with Crippen LogP contribution in [0.15, 0.2) is 78.9 Å². The van der Waals surface area contributed by atoms with Crippen molar-refractivity contribution in [2.45, 2.75) is 45.1 Å². The molecule has 0 aromatic heterocycles. The van der Waals surface area contributed by atoms with Crippen LogP contribution in [0.1, 0.15) is 41.2 Å². The lowest BCUT2D eigenvalue weighted by Crippen LogP contribution is -2.54. The molecule has 4 rings (SSSR count). The number of amides is 2. The lowest BCUT2D eigenvalue weighted by molar-refractivity contribution is -0.134. The third-order valence-electron chi connectivity index (χ3n) is 6.98. The molecular weight excluding hydrogens is 446 g/mol. The largest absolute Gasteiger partial charge is 0.356 e. The van der Waals surface area contributed by atoms with Gasteiger partial charge < -0.3 is 15.5 Å². The van der Waals surface area contributed by atoms with Crippen LogP contribution in [-0.4, -0.2) is 48.9 Å². The second-order valence-corrected chi connectivity index (χ2v) is 9.58. The van der Waals surface area contributed by atoms with Crippen molar-refractivity contribution in [1.82, 2.24) is 15.5 Å². The van der Waals surface area contributed by atoms with Gasteiger partial charge in [-0.15, -0.1) is 0 Å². The lowest BCUT2D eigenvalue weighted by atomic mass is 9.93. The Kier molecular flexibility index (Phi) is 9.28. The highest BCUT2D eigenvalue weighted by Gasteiger charge is 2.26. The quantitative estimate of drug-likeness (QED) is 0.459. The first kappa shape index (κ1) is 25.6. The molecule has 1 atom stereocenters. The van der Waals surface area contributed by atoms with Gasteiger partial charge in [-0.05, 0) is 53.5 Å². The summed E-state index contributed by atoms with van der Waals surface area (Å²) in [5.41, 5.74) is 6.29. The number of hydrogen-bond donors (Lipinski definition) is 2. The van der Waals surface area contributed by atoms with Crippen LogP contribution in [0.5, 0.6) is 0 Å². The van der Waals surface area contributed by atoms with Gasteiger partial charge in [0, 0.05) is 45.6 Å². The Hall–Kier alpha value is -3.44. The van der Waals surface area contributed by atoms with Crippen molar-refractivity contribution in [3.05, 3.63) is 107 Å². The van der Waals surface area contributed by atoms with Gasteiger partial charge in [-0.3, -0.25) is 9.59 Å². The molecule has 1 fully saturated rings. The highest BCUT2D eigenvalue weighted by molar-refractivity contribution is 5.77. The highest BCUT2D eigenvalue weighted by atomic mass is 16.2. The molecule has 5 nitrogen and oxygen atoms in total. The van der Waals surface area contributed by atoms with Gasteiger partial charge >= 0.3 is 0 Å². The number of nitrogens with one attached hydrogen (secondary N) is 2. The van der Waals surface area contributed by atoms with E-state index in [-0.39, 0.29) is 17.9 Å². The summed E-state index contributed by atoms with van der Waals surface area (Å²) >= 11 is 0. The molecule has 2 N–H and O–H groups in total. The third-order valence-corrected chi connectivity index (χ3v) is 6.98. The average Bonchev–Trinajstić information content (AvgIpc) is 2.90. The van der Waals surface area contributed by atoms with E-state index in [0.717, 1.165) is 45.3 Å². The number of aryl methyl sites for hydroxylation is 1. The van der Waals surface area contributed by atoms with Gasteiger partial charge in [-0.1, -0.05) is 78.9 Å². The number of rotatable bonds is 10. The molecule has 5 heteroatoms. The van der Waals surface area contributed by atoms with Gasteiger partial charge in [0.1, 0.15) is 0 Å². The molecule has 3 aromatic rings. The zero-order valence-corrected chi connectivity index (χ0v) is 21.2. The molecule has 1 aliphatic heterocycles.